The van der Waals surface area contributed by atoms with Gasteiger partial charge >= 0.3 is 5.97 Å². The molecule has 0 spiro atoms. The van der Waals surface area contributed by atoms with Gasteiger partial charge in [0.1, 0.15) is 6.54 Å². The van der Waals surface area contributed by atoms with Gasteiger partial charge in [-0.05, 0) is 25.1 Å². The second-order valence-corrected chi connectivity index (χ2v) is 4.54. The minimum atomic E-state index is -0.740. The first-order valence-corrected chi connectivity index (χ1v) is 6.25. The Hall–Kier alpha value is -2.96. The van der Waals surface area contributed by atoms with Crippen LogP contribution in [0.1, 0.15) is 26.4 Å². The fourth-order valence-corrected chi connectivity index (χ4v) is 2.07. The molecule has 2 heterocycles. The Kier molecular flexibility index (Phi) is 3.02. The van der Waals surface area contributed by atoms with E-state index in [-0.39, 0.29) is 17.7 Å². The summed E-state index contributed by atoms with van der Waals surface area (Å²) in [6.07, 6.45) is 1.55. The molecule has 2 aromatic rings. The van der Waals surface area contributed by atoms with Gasteiger partial charge in [0.25, 0.3) is 11.8 Å². The number of imide groups is 1. The minimum Gasteiger partial charge on any atom is -0.328 e. The Morgan fingerprint density at radius 2 is 1.76 bits per heavy atom. The molecular weight excluding hydrogens is 274 g/mol. The first kappa shape index (κ1) is 13.0. The quantitative estimate of drug-likeness (QED) is 0.784. The van der Waals surface area contributed by atoms with Gasteiger partial charge in [-0.2, -0.15) is 5.10 Å². The molecule has 0 atom stereocenters. The number of aryl methyl sites for hydroxylation is 1. The normalized spacial score (nSPS) is 13.5. The molecule has 0 saturated heterocycles. The first-order chi connectivity index (χ1) is 10.1. The number of carbonyl (C=O) groups excluding carboxylic acids is 3. The molecule has 0 fully saturated rings. The molecule has 0 unspecified atom stereocenters. The predicted molar refractivity (Wildman–Crippen MR) is 70.0 cm³/mol. The fraction of sp³-hybridized carbons (Fsp3) is 0.143. The number of rotatable bonds is 3. The number of hydrogen-bond donors (Lipinski definition) is 0. The van der Waals surface area contributed by atoms with E-state index in [1.165, 1.54) is 16.8 Å². The third-order valence-corrected chi connectivity index (χ3v) is 3.16. The number of carbonyl (C=O) groups is 3. The van der Waals surface area contributed by atoms with Gasteiger partial charge in [-0.15, -0.1) is 0 Å². The molecule has 0 aliphatic carbocycles. The summed E-state index contributed by atoms with van der Waals surface area (Å²) in [6, 6.07) is 8.04. The van der Waals surface area contributed by atoms with E-state index in [1.807, 2.05) is 0 Å². The Morgan fingerprint density at radius 3 is 2.29 bits per heavy atom. The smallest absolute Gasteiger partial charge is 0.328 e. The molecule has 0 saturated carbocycles. The number of hydrogen-bond acceptors (Lipinski definition) is 5. The van der Waals surface area contributed by atoms with Crippen LogP contribution in [-0.2, 0) is 16.2 Å². The van der Waals surface area contributed by atoms with E-state index in [4.69, 9.17) is 4.84 Å². The fourth-order valence-electron chi connectivity index (χ4n) is 2.07. The van der Waals surface area contributed by atoms with Gasteiger partial charge in [0.05, 0.1) is 11.1 Å². The van der Waals surface area contributed by atoms with Crippen LogP contribution in [0.3, 0.4) is 0 Å². The van der Waals surface area contributed by atoms with Gasteiger partial charge in [0.15, 0.2) is 0 Å². The van der Waals surface area contributed by atoms with Crippen LogP contribution >= 0.6 is 0 Å². The van der Waals surface area contributed by atoms with E-state index >= 15 is 0 Å². The van der Waals surface area contributed by atoms with Crippen LogP contribution in [0.2, 0.25) is 0 Å². The highest BCUT2D eigenvalue weighted by atomic mass is 16.7. The third-order valence-electron chi connectivity index (χ3n) is 3.16. The van der Waals surface area contributed by atoms with Crippen molar-refractivity contribution in [2.24, 2.45) is 0 Å². The highest BCUT2D eigenvalue weighted by molar-refractivity contribution is 6.20. The summed E-state index contributed by atoms with van der Waals surface area (Å²) >= 11 is 0. The number of benzene rings is 1. The molecule has 1 aliphatic heterocycles. The molecule has 106 valence electrons. The standard InChI is InChI=1S/C14H11N3O4/c1-9-6-7-15-16(9)8-12(18)21-17-13(19)10-4-2-3-5-11(10)14(17)20/h2-7H,8H2,1H3. The van der Waals surface area contributed by atoms with Crippen LogP contribution in [-0.4, -0.2) is 32.6 Å². The van der Waals surface area contributed by atoms with Crippen LogP contribution in [0, 0.1) is 6.92 Å². The lowest BCUT2D eigenvalue weighted by Crippen LogP contribution is -2.34. The molecule has 3 rings (SSSR count). The lowest BCUT2D eigenvalue weighted by molar-refractivity contribution is -0.169. The first-order valence-electron chi connectivity index (χ1n) is 6.25. The van der Waals surface area contributed by atoms with Crippen molar-refractivity contribution >= 4 is 17.8 Å². The summed E-state index contributed by atoms with van der Waals surface area (Å²) in [6.45, 7) is 1.61. The Morgan fingerprint density at radius 1 is 1.14 bits per heavy atom. The average molecular weight is 285 g/mol. The largest absolute Gasteiger partial charge is 0.354 e. The van der Waals surface area contributed by atoms with Crippen molar-refractivity contribution in [2.45, 2.75) is 13.5 Å². The summed E-state index contributed by atoms with van der Waals surface area (Å²) < 4.78 is 1.42. The summed E-state index contributed by atoms with van der Waals surface area (Å²) in [7, 11) is 0. The monoisotopic (exact) mass is 285 g/mol. The third kappa shape index (κ3) is 2.18. The number of hydroxylamine groups is 2. The van der Waals surface area contributed by atoms with Crippen molar-refractivity contribution in [3.63, 3.8) is 0 Å². The topological polar surface area (TPSA) is 81.5 Å². The van der Waals surface area contributed by atoms with Crippen molar-refractivity contribution in [3.05, 3.63) is 53.3 Å². The highest BCUT2D eigenvalue weighted by Gasteiger charge is 2.38. The van der Waals surface area contributed by atoms with E-state index in [1.54, 1.807) is 31.3 Å². The molecule has 7 nitrogen and oxygen atoms in total. The second kappa shape index (κ2) is 4.86. The van der Waals surface area contributed by atoms with Crippen LogP contribution in [0.25, 0.3) is 0 Å². The van der Waals surface area contributed by atoms with Crippen LogP contribution in [0.5, 0.6) is 0 Å². The van der Waals surface area contributed by atoms with E-state index in [0.29, 0.717) is 5.06 Å². The summed E-state index contributed by atoms with van der Waals surface area (Å²) in [5.41, 5.74) is 1.23. The molecule has 0 N–H and O–H groups in total. The molecule has 7 heteroatoms. The average Bonchev–Trinajstić information content (AvgIpc) is 2.97. The minimum absolute atomic E-state index is 0.174. The lowest BCUT2D eigenvalue weighted by Gasteiger charge is -2.13. The molecule has 21 heavy (non-hydrogen) atoms. The van der Waals surface area contributed by atoms with Crippen LogP contribution < -0.4 is 0 Å². The van der Waals surface area contributed by atoms with E-state index < -0.39 is 17.8 Å². The van der Waals surface area contributed by atoms with Crippen molar-refractivity contribution in [1.82, 2.24) is 14.8 Å². The highest BCUT2D eigenvalue weighted by Crippen LogP contribution is 2.22. The van der Waals surface area contributed by atoms with Crippen molar-refractivity contribution in [2.75, 3.05) is 0 Å². The van der Waals surface area contributed by atoms with Gasteiger partial charge in [0.2, 0.25) is 0 Å². The van der Waals surface area contributed by atoms with Gasteiger partial charge < -0.3 is 4.84 Å². The van der Waals surface area contributed by atoms with E-state index in [0.717, 1.165) is 5.69 Å². The maximum atomic E-state index is 12.0. The summed E-state index contributed by atoms with van der Waals surface area (Å²) in [5.74, 6) is -2.02. The lowest BCUT2D eigenvalue weighted by atomic mass is 10.1. The SMILES string of the molecule is Cc1ccnn1CC(=O)ON1C(=O)c2ccccc2C1=O. The Balaban J connectivity index is 1.75. The van der Waals surface area contributed by atoms with Gasteiger partial charge in [-0.1, -0.05) is 17.2 Å². The summed E-state index contributed by atoms with van der Waals surface area (Å²) in [4.78, 5) is 40.7. The van der Waals surface area contributed by atoms with E-state index in [2.05, 4.69) is 5.10 Å². The second-order valence-electron chi connectivity index (χ2n) is 4.54. The number of amides is 2. The van der Waals surface area contributed by atoms with Crippen molar-refractivity contribution < 1.29 is 19.2 Å². The van der Waals surface area contributed by atoms with E-state index in [9.17, 15) is 14.4 Å². The molecule has 1 aromatic carbocycles. The van der Waals surface area contributed by atoms with Crippen molar-refractivity contribution in [3.8, 4) is 0 Å². The zero-order valence-electron chi connectivity index (χ0n) is 11.1. The number of aromatic nitrogens is 2. The zero-order valence-corrected chi connectivity index (χ0v) is 11.1. The van der Waals surface area contributed by atoms with Crippen LogP contribution in [0.15, 0.2) is 36.5 Å². The molecule has 2 amide bonds. The predicted octanol–water partition coefficient (Wildman–Crippen LogP) is 0.946. The molecule has 1 aromatic heterocycles. The Bertz CT molecular complexity index is 715. The van der Waals surface area contributed by atoms with Gasteiger partial charge in [-0.3, -0.25) is 14.3 Å². The maximum absolute atomic E-state index is 12.0. The maximum Gasteiger partial charge on any atom is 0.354 e. The Labute approximate surface area is 119 Å². The molecule has 0 bridgehead atoms. The van der Waals surface area contributed by atoms with Gasteiger partial charge in [-0.25, -0.2) is 4.79 Å². The van der Waals surface area contributed by atoms with Gasteiger partial charge in [0, 0.05) is 11.9 Å². The number of fused-ring (bicyclic) bond motifs is 1. The molecule has 0 radical (unpaired) electrons. The van der Waals surface area contributed by atoms with Crippen LogP contribution in [0.4, 0.5) is 0 Å². The molecular formula is C14H11N3O4. The summed E-state index contributed by atoms with van der Waals surface area (Å²) in [5, 5.41) is 4.43. The molecule has 1 aliphatic rings. The van der Waals surface area contributed by atoms with Crippen molar-refractivity contribution in [1.29, 1.82) is 0 Å². The number of nitrogens with zero attached hydrogens (tertiary/aromatic N) is 3. The zero-order chi connectivity index (χ0) is 15.0.